The summed E-state index contributed by atoms with van der Waals surface area (Å²) in [5.41, 5.74) is 5.20. The summed E-state index contributed by atoms with van der Waals surface area (Å²) in [4.78, 5) is 24.2. The Morgan fingerprint density at radius 1 is 1.36 bits per heavy atom. The van der Waals surface area contributed by atoms with Gasteiger partial charge in [0.05, 0.1) is 12.5 Å². The summed E-state index contributed by atoms with van der Waals surface area (Å²) >= 11 is 1.50. The molecule has 6 heteroatoms. The molecule has 0 saturated heterocycles. The third-order valence-corrected chi connectivity index (χ3v) is 4.71. The van der Waals surface area contributed by atoms with Crippen LogP contribution < -0.4 is 16.4 Å². The highest BCUT2D eigenvalue weighted by atomic mass is 32.1. The largest absolute Gasteiger partial charge is 0.356 e. The molecule has 0 radical (unpaired) electrons. The third kappa shape index (κ3) is 6.93. The van der Waals surface area contributed by atoms with Crippen LogP contribution in [0.5, 0.6) is 0 Å². The van der Waals surface area contributed by atoms with E-state index in [1.165, 1.54) is 24.2 Å². The van der Waals surface area contributed by atoms with E-state index in [0.29, 0.717) is 12.5 Å². The second kappa shape index (κ2) is 10.2. The predicted octanol–water partition coefficient (Wildman–Crippen LogP) is 3.18. The minimum absolute atomic E-state index is 0.0536. The lowest BCUT2D eigenvalue weighted by Gasteiger charge is -2.18. The maximum absolute atomic E-state index is 12.1. The number of primary amides is 1. The Bertz CT molecular complexity index is 448. The van der Waals surface area contributed by atoms with Crippen molar-refractivity contribution in [2.24, 2.45) is 11.7 Å². The van der Waals surface area contributed by atoms with E-state index >= 15 is 0 Å². The number of hydrogen-bond donors (Lipinski definition) is 3. The maximum atomic E-state index is 12.1. The summed E-state index contributed by atoms with van der Waals surface area (Å²) in [7, 11) is 0. The van der Waals surface area contributed by atoms with Gasteiger partial charge in [-0.05, 0) is 23.8 Å². The number of carbonyl (C=O) groups excluding carboxylic acids is 2. The van der Waals surface area contributed by atoms with Gasteiger partial charge < -0.3 is 16.4 Å². The standard InChI is InChI=1S/C16H27N3O2S/c1-3-5-7-12(4-2)11-18-15(20)10-13(19-16(17)21)14-8-6-9-22-14/h6,8-9,12-13H,3-5,7,10-11H2,1-2H3,(H,18,20)(H3,17,19,21). The van der Waals surface area contributed by atoms with Crippen LogP contribution in [-0.2, 0) is 4.79 Å². The Kier molecular flexibility index (Phi) is 8.58. The molecule has 3 amide bonds. The van der Waals surface area contributed by atoms with Crippen LogP contribution in [0.2, 0.25) is 0 Å². The Morgan fingerprint density at radius 2 is 2.14 bits per heavy atom. The van der Waals surface area contributed by atoms with Crippen LogP contribution in [0.25, 0.3) is 0 Å². The van der Waals surface area contributed by atoms with Crippen molar-refractivity contribution in [1.29, 1.82) is 0 Å². The fourth-order valence-electron chi connectivity index (χ4n) is 2.34. The first kappa shape index (κ1) is 18.5. The summed E-state index contributed by atoms with van der Waals surface area (Å²) in [5.74, 6) is 0.468. The number of nitrogens with two attached hydrogens (primary N) is 1. The molecule has 0 aliphatic carbocycles. The number of unbranched alkanes of at least 4 members (excludes halogenated alkanes) is 1. The molecule has 1 aromatic rings. The Labute approximate surface area is 136 Å². The molecule has 22 heavy (non-hydrogen) atoms. The Morgan fingerprint density at radius 3 is 2.68 bits per heavy atom. The summed E-state index contributed by atoms with van der Waals surface area (Å²) in [6.45, 7) is 5.02. The van der Waals surface area contributed by atoms with E-state index in [1.54, 1.807) is 0 Å². The molecule has 0 saturated carbocycles. The molecule has 124 valence electrons. The summed E-state index contributed by atoms with van der Waals surface area (Å²) < 4.78 is 0. The first-order chi connectivity index (χ1) is 10.6. The fourth-order valence-corrected chi connectivity index (χ4v) is 3.12. The lowest BCUT2D eigenvalue weighted by molar-refractivity contribution is -0.121. The molecule has 4 N–H and O–H groups in total. The van der Waals surface area contributed by atoms with Gasteiger partial charge in [-0.25, -0.2) is 4.79 Å². The van der Waals surface area contributed by atoms with Gasteiger partial charge in [0.1, 0.15) is 0 Å². The second-order valence-electron chi connectivity index (χ2n) is 5.50. The number of rotatable bonds is 10. The van der Waals surface area contributed by atoms with Gasteiger partial charge in [0, 0.05) is 11.4 Å². The van der Waals surface area contributed by atoms with Crippen molar-refractivity contribution in [2.45, 2.75) is 52.0 Å². The molecule has 0 spiro atoms. The monoisotopic (exact) mass is 325 g/mol. The van der Waals surface area contributed by atoms with Gasteiger partial charge in [-0.15, -0.1) is 11.3 Å². The van der Waals surface area contributed by atoms with Crippen molar-refractivity contribution < 1.29 is 9.59 Å². The van der Waals surface area contributed by atoms with E-state index in [9.17, 15) is 9.59 Å². The minimum atomic E-state index is -0.611. The van der Waals surface area contributed by atoms with Crippen molar-refractivity contribution in [1.82, 2.24) is 10.6 Å². The van der Waals surface area contributed by atoms with Crippen molar-refractivity contribution >= 4 is 23.3 Å². The second-order valence-corrected chi connectivity index (χ2v) is 6.48. The highest BCUT2D eigenvalue weighted by Gasteiger charge is 2.18. The third-order valence-electron chi connectivity index (χ3n) is 3.72. The zero-order valence-corrected chi connectivity index (χ0v) is 14.2. The van der Waals surface area contributed by atoms with Crippen LogP contribution in [0.1, 0.15) is 56.9 Å². The number of carbonyl (C=O) groups is 2. The zero-order valence-electron chi connectivity index (χ0n) is 13.4. The van der Waals surface area contributed by atoms with Crippen LogP contribution in [-0.4, -0.2) is 18.5 Å². The van der Waals surface area contributed by atoms with E-state index in [4.69, 9.17) is 5.73 Å². The molecule has 0 bridgehead atoms. The normalized spacial score (nSPS) is 13.4. The van der Waals surface area contributed by atoms with Crippen LogP contribution >= 0.6 is 11.3 Å². The van der Waals surface area contributed by atoms with Crippen molar-refractivity contribution in [3.63, 3.8) is 0 Å². The van der Waals surface area contributed by atoms with Gasteiger partial charge in [0.15, 0.2) is 0 Å². The first-order valence-corrected chi connectivity index (χ1v) is 8.80. The molecule has 2 unspecified atom stereocenters. The van der Waals surface area contributed by atoms with Crippen molar-refractivity contribution in [3.05, 3.63) is 22.4 Å². The van der Waals surface area contributed by atoms with E-state index in [-0.39, 0.29) is 18.4 Å². The summed E-state index contributed by atoms with van der Waals surface area (Å²) in [5, 5.41) is 7.54. The number of nitrogens with one attached hydrogen (secondary N) is 2. The van der Waals surface area contributed by atoms with Crippen LogP contribution in [0.4, 0.5) is 4.79 Å². The van der Waals surface area contributed by atoms with Gasteiger partial charge in [0.25, 0.3) is 0 Å². The first-order valence-electron chi connectivity index (χ1n) is 7.92. The average Bonchev–Trinajstić information content (AvgIpc) is 3.00. The van der Waals surface area contributed by atoms with Crippen LogP contribution in [0, 0.1) is 5.92 Å². The lowest BCUT2D eigenvalue weighted by atomic mass is 9.99. The SMILES string of the molecule is CCCCC(CC)CNC(=O)CC(NC(N)=O)c1cccs1. The van der Waals surface area contributed by atoms with Gasteiger partial charge in [-0.2, -0.15) is 0 Å². The smallest absolute Gasteiger partial charge is 0.312 e. The van der Waals surface area contributed by atoms with E-state index in [0.717, 1.165) is 17.7 Å². The topological polar surface area (TPSA) is 84.2 Å². The molecule has 2 atom stereocenters. The van der Waals surface area contributed by atoms with E-state index in [1.807, 2.05) is 17.5 Å². The van der Waals surface area contributed by atoms with Gasteiger partial charge in [-0.1, -0.05) is 39.2 Å². The fraction of sp³-hybridized carbons (Fsp3) is 0.625. The highest BCUT2D eigenvalue weighted by Crippen LogP contribution is 2.22. The number of hydrogen-bond acceptors (Lipinski definition) is 3. The van der Waals surface area contributed by atoms with Crippen molar-refractivity contribution in [2.75, 3.05) is 6.54 Å². The molecule has 0 aliphatic heterocycles. The van der Waals surface area contributed by atoms with E-state index < -0.39 is 6.03 Å². The van der Waals surface area contributed by atoms with Gasteiger partial charge >= 0.3 is 6.03 Å². The quantitative estimate of drug-likeness (QED) is 0.617. The van der Waals surface area contributed by atoms with Crippen molar-refractivity contribution in [3.8, 4) is 0 Å². The van der Waals surface area contributed by atoms with Crippen LogP contribution in [0.3, 0.4) is 0 Å². The van der Waals surface area contributed by atoms with Crippen LogP contribution in [0.15, 0.2) is 17.5 Å². The highest BCUT2D eigenvalue weighted by molar-refractivity contribution is 7.10. The molecule has 1 rings (SSSR count). The number of amides is 3. The molecule has 1 heterocycles. The number of urea groups is 1. The molecule has 0 aromatic carbocycles. The Balaban J connectivity index is 2.47. The summed E-state index contributed by atoms with van der Waals surface area (Å²) in [6.07, 6.45) is 4.78. The predicted molar refractivity (Wildman–Crippen MR) is 90.7 cm³/mol. The molecule has 1 aromatic heterocycles. The maximum Gasteiger partial charge on any atom is 0.312 e. The average molecular weight is 325 g/mol. The molecule has 0 aliphatic rings. The van der Waals surface area contributed by atoms with Gasteiger partial charge in [-0.3, -0.25) is 4.79 Å². The number of thiophene rings is 1. The summed E-state index contributed by atoms with van der Waals surface area (Å²) in [6, 6.07) is 2.83. The molecule has 5 nitrogen and oxygen atoms in total. The minimum Gasteiger partial charge on any atom is -0.356 e. The van der Waals surface area contributed by atoms with E-state index in [2.05, 4.69) is 24.5 Å². The molecular weight excluding hydrogens is 298 g/mol. The molecule has 0 fully saturated rings. The Hall–Kier alpha value is -1.56. The molecular formula is C16H27N3O2S. The zero-order chi connectivity index (χ0) is 16.4. The lowest BCUT2D eigenvalue weighted by Crippen LogP contribution is -2.37. The van der Waals surface area contributed by atoms with Gasteiger partial charge in [0.2, 0.25) is 5.91 Å².